The number of aryl methyl sites for hydroxylation is 1. The number of unbranched alkanes of at least 4 members (excludes halogenated alkanes) is 2. The molecule has 212 valence electrons. The Morgan fingerprint density at radius 2 is 1.30 bits per heavy atom. The minimum absolute atomic E-state index is 0.197. The maximum atomic E-state index is 12.6. The van der Waals surface area contributed by atoms with Crippen LogP contribution in [-0.4, -0.2) is 37.2 Å². The molecule has 0 saturated carbocycles. The summed E-state index contributed by atoms with van der Waals surface area (Å²) >= 11 is 0. The van der Waals surface area contributed by atoms with Gasteiger partial charge in [0.15, 0.2) is 6.10 Å². The molecular formula is C33H38O7. The predicted octanol–water partition coefficient (Wildman–Crippen LogP) is 6.96. The van der Waals surface area contributed by atoms with Crippen LogP contribution in [0.3, 0.4) is 0 Å². The summed E-state index contributed by atoms with van der Waals surface area (Å²) < 4.78 is 21.5. The molecule has 3 aromatic carbocycles. The lowest BCUT2D eigenvalue weighted by molar-refractivity contribution is -0.146. The average Bonchev–Trinajstić information content (AvgIpc) is 2.98. The van der Waals surface area contributed by atoms with Crippen molar-refractivity contribution in [2.45, 2.75) is 65.4 Å². The molecule has 0 fully saturated rings. The van der Waals surface area contributed by atoms with Crippen molar-refractivity contribution in [1.29, 1.82) is 0 Å². The molecule has 0 heterocycles. The normalized spacial score (nSPS) is 11.5. The van der Waals surface area contributed by atoms with Gasteiger partial charge in [-0.2, -0.15) is 0 Å². The number of esters is 3. The SMILES string of the molecule is CCCCCOC(=O)CCc1ccc(OC(=O)c2ccc(-c3ccc(OC(=O)C(C)OCCC)cc3)cc2)cc1. The zero-order valence-corrected chi connectivity index (χ0v) is 23.5. The van der Waals surface area contributed by atoms with Crippen LogP contribution in [0.15, 0.2) is 72.8 Å². The van der Waals surface area contributed by atoms with Crippen LogP contribution < -0.4 is 9.47 Å². The molecule has 0 aliphatic carbocycles. The second-order valence-electron chi connectivity index (χ2n) is 9.50. The number of hydrogen-bond donors (Lipinski definition) is 0. The van der Waals surface area contributed by atoms with Gasteiger partial charge in [-0.05, 0) is 79.3 Å². The van der Waals surface area contributed by atoms with Crippen molar-refractivity contribution in [3.05, 3.63) is 83.9 Å². The first kappa shape index (κ1) is 30.6. The quantitative estimate of drug-likeness (QED) is 0.116. The average molecular weight is 547 g/mol. The van der Waals surface area contributed by atoms with E-state index >= 15 is 0 Å². The van der Waals surface area contributed by atoms with E-state index in [0.29, 0.717) is 43.1 Å². The molecule has 0 saturated heterocycles. The van der Waals surface area contributed by atoms with Gasteiger partial charge in [-0.1, -0.05) is 63.1 Å². The van der Waals surface area contributed by atoms with Gasteiger partial charge in [0.25, 0.3) is 0 Å². The Bertz CT molecular complexity index is 1220. The van der Waals surface area contributed by atoms with Crippen LogP contribution in [0.4, 0.5) is 0 Å². The molecule has 1 atom stereocenters. The Labute approximate surface area is 236 Å². The van der Waals surface area contributed by atoms with E-state index in [0.717, 1.165) is 42.4 Å². The first-order valence-electron chi connectivity index (χ1n) is 13.9. The molecule has 40 heavy (non-hydrogen) atoms. The molecule has 3 rings (SSSR count). The summed E-state index contributed by atoms with van der Waals surface area (Å²) in [4.78, 5) is 36.6. The highest BCUT2D eigenvalue weighted by molar-refractivity contribution is 5.91. The molecule has 0 radical (unpaired) electrons. The van der Waals surface area contributed by atoms with Crippen LogP contribution in [0.25, 0.3) is 11.1 Å². The molecule has 1 unspecified atom stereocenters. The Balaban J connectivity index is 1.48. The molecule has 0 aliphatic rings. The minimum atomic E-state index is -0.624. The van der Waals surface area contributed by atoms with Crippen LogP contribution in [0.5, 0.6) is 11.5 Å². The number of carbonyl (C=O) groups is 3. The molecular weight excluding hydrogens is 508 g/mol. The molecule has 0 aliphatic heterocycles. The van der Waals surface area contributed by atoms with Crippen molar-refractivity contribution in [2.24, 2.45) is 0 Å². The van der Waals surface area contributed by atoms with Gasteiger partial charge < -0.3 is 18.9 Å². The van der Waals surface area contributed by atoms with E-state index in [4.69, 9.17) is 18.9 Å². The number of rotatable bonds is 15. The van der Waals surface area contributed by atoms with Crippen LogP contribution in [0, 0.1) is 0 Å². The van der Waals surface area contributed by atoms with Gasteiger partial charge in [-0.3, -0.25) is 4.79 Å². The van der Waals surface area contributed by atoms with Gasteiger partial charge in [0.05, 0.1) is 12.2 Å². The number of hydrogen-bond acceptors (Lipinski definition) is 7. The third-order valence-electron chi connectivity index (χ3n) is 6.19. The van der Waals surface area contributed by atoms with Crippen LogP contribution in [0.1, 0.15) is 68.8 Å². The topological polar surface area (TPSA) is 88.1 Å². The zero-order valence-electron chi connectivity index (χ0n) is 23.5. The van der Waals surface area contributed by atoms with Crippen molar-refractivity contribution >= 4 is 17.9 Å². The van der Waals surface area contributed by atoms with Crippen molar-refractivity contribution in [3.8, 4) is 22.6 Å². The minimum Gasteiger partial charge on any atom is -0.466 e. The van der Waals surface area contributed by atoms with Gasteiger partial charge in [0.1, 0.15) is 11.5 Å². The first-order valence-corrected chi connectivity index (χ1v) is 13.9. The predicted molar refractivity (Wildman–Crippen MR) is 153 cm³/mol. The summed E-state index contributed by atoms with van der Waals surface area (Å²) in [6, 6.07) is 21.4. The van der Waals surface area contributed by atoms with Crippen molar-refractivity contribution < 1.29 is 33.3 Å². The Kier molecular flexibility index (Phi) is 12.4. The van der Waals surface area contributed by atoms with E-state index in [1.54, 1.807) is 43.3 Å². The Morgan fingerprint density at radius 3 is 1.93 bits per heavy atom. The second-order valence-corrected chi connectivity index (χ2v) is 9.50. The number of carbonyl (C=O) groups excluding carboxylic acids is 3. The molecule has 7 heteroatoms. The summed E-state index contributed by atoms with van der Waals surface area (Å²) in [5, 5.41) is 0. The number of ether oxygens (including phenoxy) is 4. The van der Waals surface area contributed by atoms with Gasteiger partial charge >= 0.3 is 17.9 Å². The molecule has 0 spiro atoms. The van der Waals surface area contributed by atoms with Crippen LogP contribution in [-0.2, 0) is 25.5 Å². The lowest BCUT2D eigenvalue weighted by Gasteiger charge is -2.12. The summed E-state index contributed by atoms with van der Waals surface area (Å²) in [6.07, 6.45) is 4.13. The van der Waals surface area contributed by atoms with E-state index < -0.39 is 18.0 Å². The van der Waals surface area contributed by atoms with E-state index in [1.807, 2.05) is 43.3 Å². The van der Waals surface area contributed by atoms with Gasteiger partial charge in [-0.15, -0.1) is 0 Å². The monoisotopic (exact) mass is 546 g/mol. The lowest BCUT2D eigenvalue weighted by atomic mass is 10.0. The Morgan fingerprint density at radius 1 is 0.700 bits per heavy atom. The summed E-state index contributed by atoms with van der Waals surface area (Å²) in [5.74, 6) is -0.223. The van der Waals surface area contributed by atoms with E-state index in [-0.39, 0.29) is 5.97 Å². The van der Waals surface area contributed by atoms with Crippen molar-refractivity contribution in [2.75, 3.05) is 13.2 Å². The fourth-order valence-electron chi connectivity index (χ4n) is 3.82. The highest BCUT2D eigenvalue weighted by Gasteiger charge is 2.16. The lowest BCUT2D eigenvalue weighted by Crippen LogP contribution is -2.26. The molecule has 3 aromatic rings. The largest absolute Gasteiger partial charge is 0.466 e. The fraction of sp³-hybridized carbons (Fsp3) is 0.364. The standard InChI is InChI=1S/C33H38O7/c1-4-6-7-23-38-31(34)21-10-25-8-17-29(18-9-25)40-33(36)28-13-11-26(12-14-28)27-15-19-30(20-16-27)39-32(35)24(3)37-22-5-2/h8-9,11-20,24H,4-7,10,21-23H2,1-3H3. The molecule has 0 aromatic heterocycles. The van der Waals surface area contributed by atoms with Gasteiger partial charge in [-0.25, -0.2) is 9.59 Å². The Hall–Kier alpha value is -3.97. The highest BCUT2D eigenvalue weighted by Crippen LogP contribution is 2.24. The van der Waals surface area contributed by atoms with Crippen molar-refractivity contribution in [1.82, 2.24) is 0 Å². The van der Waals surface area contributed by atoms with E-state index in [9.17, 15) is 14.4 Å². The first-order chi connectivity index (χ1) is 19.4. The highest BCUT2D eigenvalue weighted by atomic mass is 16.6. The molecule has 7 nitrogen and oxygen atoms in total. The third-order valence-corrected chi connectivity index (χ3v) is 6.19. The van der Waals surface area contributed by atoms with Gasteiger partial charge in [0, 0.05) is 13.0 Å². The maximum absolute atomic E-state index is 12.6. The summed E-state index contributed by atoms with van der Waals surface area (Å²) in [7, 11) is 0. The summed E-state index contributed by atoms with van der Waals surface area (Å²) in [5.41, 5.74) is 3.21. The zero-order chi connectivity index (χ0) is 28.7. The van der Waals surface area contributed by atoms with Gasteiger partial charge in [0.2, 0.25) is 0 Å². The van der Waals surface area contributed by atoms with Crippen LogP contribution >= 0.6 is 0 Å². The fourth-order valence-corrected chi connectivity index (χ4v) is 3.82. The molecule has 0 bridgehead atoms. The maximum Gasteiger partial charge on any atom is 0.343 e. The number of benzene rings is 3. The third kappa shape index (κ3) is 9.97. The van der Waals surface area contributed by atoms with Crippen LogP contribution in [0.2, 0.25) is 0 Å². The molecule has 0 amide bonds. The van der Waals surface area contributed by atoms with Crippen molar-refractivity contribution in [3.63, 3.8) is 0 Å². The van der Waals surface area contributed by atoms with E-state index in [2.05, 4.69) is 6.92 Å². The molecule has 0 N–H and O–H groups in total. The summed E-state index contributed by atoms with van der Waals surface area (Å²) in [6.45, 7) is 6.73. The smallest absolute Gasteiger partial charge is 0.343 e. The van der Waals surface area contributed by atoms with E-state index in [1.165, 1.54) is 0 Å². The second kappa shape index (κ2) is 16.2.